The number of amides is 1. The van der Waals surface area contributed by atoms with Crippen molar-refractivity contribution >= 4 is 50.5 Å². The fourth-order valence-corrected chi connectivity index (χ4v) is 3.03. The van der Waals surface area contributed by atoms with Gasteiger partial charge in [0, 0.05) is 23.1 Å². The molecule has 0 aromatic heterocycles. The van der Waals surface area contributed by atoms with Crippen LogP contribution >= 0.6 is 27.5 Å². The number of carbonyl (C=O) groups is 1. The molecule has 1 fully saturated rings. The Morgan fingerprint density at radius 3 is 2.54 bits per heavy atom. The maximum atomic E-state index is 12.4. The van der Waals surface area contributed by atoms with Crippen LogP contribution in [0.2, 0.25) is 5.02 Å². The molecule has 1 aliphatic rings. The summed E-state index contributed by atoms with van der Waals surface area (Å²) in [6.07, 6.45) is 0. The van der Waals surface area contributed by atoms with Gasteiger partial charge >= 0.3 is 0 Å². The van der Waals surface area contributed by atoms with Gasteiger partial charge in [0.15, 0.2) is 0 Å². The van der Waals surface area contributed by atoms with Crippen molar-refractivity contribution in [1.82, 2.24) is 0 Å². The molecule has 2 aromatic rings. The topological polar surface area (TPSA) is 67.6 Å². The lowest BCUT2D eigenvalue weighted by atomic mass is 10.2. The normalized spacial score (nSPS) is 14.5. The Bertz CT molecular complexity index is 746. The number of carbonyl (C=O) groups excluding carboxylic acids is 1. The van der Waals surface area contributed by atoms with E-state index in [4.69, 9.17) is 22.1 Å². The summed E-state index contributed by atoms with van der Waals surface area (Å²) in [5, 5.41) is 3.27. The van der Waals surface area contributed by atoms with Crippen LogP contribution < -0.4 is 16.0 Å². The summed E-state index contributed by atoms with van der Waals surface area (Å²) in [7, 11) is 0. The van der Waals surface area contributed by atoms with E-state index in [0.29, 0.717) is 35.2 Å². The molecular formula is C17H17BrClN3O2. The highest BCUT2D eigenvalue weighted by Crippen LogP contribution is 2.34. The zero-order chi connectivity index (χ0) is 17.1. The minimum Gasteiger partial charge on any atom is -0.397 e. The van der Waals surface area contributed by atoms with E-state index >= 15 is 0 Å². The van der Waals surface area contributed by atoms with Gasteiger partial charge in [-0.15, -0.1) is 0 Å². The van der Waals surface area contributed by atoms with Crippen LogP contribution in [0.1, 0.15) is 10.4 Å². The highest BCUT2D eigenvalue weighted by molar-refractivity contribution is 9.10. The lowest BCUT2D eigenvalue weighted by molar-refractivity contribution is 0.102. The van der Waals surface area contributed by atoms with Crippen LogP contribution in [0.25, 0.3) is 0 Å². The molecule has 0 spiro atoms. The minimum absolute atomic E-state index is 0.220. The van der Waals surface area contributed by atoms with Gasteiger partial charge in [-0.1, -0.05) is 27.5 Å². The second-order valence-electron chi connectivity index (χ2n) is 5.45. The Kier molecular flexibility index (Phi) is 5.28. The second kappa shape index (κ2) is 7.42. The fraction of sp³-hybridized carbons (Fsp3) is 0.235. The summed E-state index contributed by atoms with van der Waals surface area (Å²) < 4.78 is 6.28. The van der Waals surface area contributed by atoms with Gasteiger partial charge in [-0.25, -0.2) is 0 Å². The molecule has 0 saturated carbocycles. The summed E-state index contributed by atoms with van der Waals surface area (Å²) in [5.74, 6) is -0.220. The number of hydrogen-bond donors (Lipinski definition) is 2. The third-order valence-corrected chi connectivity index (χ3v) is 4.66. The van der Waals surface area contributed by atoms with E-state index in [1.807, 2.05) is 18.2 Å². The number of nitrogens with two attached hydrogens (primary N) is 1. The van der Waals surface area contributed by atoms with Gasteiger partial charge in [0.05, 0.1) is 35.3 Å². The van der Waals surface area contributed by atoms with Gasteiger partial charge in [0.25, 0.3) is 5.91 Å². The van der Waals surface area contributed by atoms with E-state index in [1.165, 1.54) is 0 Å². The molecule has 3 rings (SSSR count). The summed E-state index contributed by atoms with van der Waals surface area (Å²) >= 11 is 9.60. The van der Waals surface area contributed by atoms with Crippen LogP contribution in [0.5, 0.6) is 0 Å². The van der Waals surface area contributed by atoms with Crippen molar-refractivity contribution < 1.29 is 9.53 Å². The van der Waals surface area contributed by atoms with Gasteiger partial charge in [-0.3, -0.25) is 4.79 Å². The van der Waals surface area contributed by atoms with Crippen LogP contribution in [0.4, 0.5) is 17.1 Å². The number of anilines is 3. The van der Waals surface area contributed by atoms with Gasteiger partial charge in [0.2, 0.25) is 0 Å². The first-order valence-electron chi connectivity index (χ1n) is 7.53. The Labute approximate surface area is 153 Å². The van der Waals surface area contributed by atoms with Gasteiger partial charge in [-0.2, -0.15) is 0 Å². The largest absolute Gasteiger partial charge is 0.397 e. The number of nitrogen functional groups attached to an aromatic ring is 1. The quantitative estimate of drug-likeness (QED) is 0.756. The zero-order valence-corrected chi connectivity index (χ0v) is 15.2. The van der Waals surface area contributed by atoms with E-state index < -0.39 is 0 Å². The third-order valence-electron chi connectivity index (χ3n) is 3.82. The number of rotatable bonds is 3. The second-order valence-corrected chi connectivity index (χ2v) is 6.77. The van der Waals surface area contributed by atoms with Crippen LogP contribution in [0.3, 0.4) is 0 Å². The third kappa shape index (κ3) is 3.83. The van der Waals surface area contributed by atoms with Crippen molar-refractivity contribution in [3.8, 4) is 0 Å². The number of benzene rings is 2. The SMILES string of the molecule is Nc1cc(Cl)c(NC(=O)c2ccc(Br)cc2)cc1N1CCOCC1. The van der Waals surface area contributed by atoms with Crippen molar-refractivity contribution in [2.45, 2.75) is 0 Å². The summed E-state index contributed by atoms with van der Waals surface area (Å²) in [5.41, 5.74) is 8.63. The molecule has 3 N–H and O–H groups in total. The molecule has 24 heavy (non-hydrogen) atoms. The summed E-state index contributed by atoms with van der Waals surface area (Å²) in [6.45, 7) is 2.82. The van der Waals surface area contributed by atoms with Crippen LogP contribution in [0.15, 0.2) is 40.9 Å². The molecule has 0 unspecified atom stereocenters. The molecule has 1 saturated heterocycles. The Morgan fingerprint density at radius 1 is 1.21 bits per heavy atom. The maximum absolute atomic E-state index is 12.4. The van der Waals surface area contributed by atoms with Crippen molar-refractivity contribution in [2.75, 3.05) is 42.3 Å². The van der Waals surface area contributed by atoms with Crippen molar-refractivity contribution in [3.63, 3.8) is 0 Å². The first-order valence-corrected chi connectivity index (χ1v) is 8.70. The number of ether oxygens (including phenoxy) is 1. The molecule has 0 atom stereocenters. The molecule has 0 radical (unpaired) electrons. The van der Waals surface area contributed by atoms with Crippen LogP contribution in [-0.2, 0) is 4.74 Å². The first-order chi connectivity index (χ1) is 11.5. The fourth-order valence-electron chi connectivity index (χ4n) is 2.55. The molecule has 2 aromatic carbocycles. The Hall–Kier alpha value is -1.76. The van der Waals surface area contributed by atoms with Crippen molar-refractivity contribution in [2.24, 2.45) is 0 Å². The van der Waals surface area contributed by atoms with Crippen LogP contribution in [-0.4, -0.2) is 32.2 Å². The molecule has 0 aliphatic carbocycles. The first kappa shape index (κ1) is 17.1. The lowest BCUT2D eigenvalue weighted by Gasteiger charge is -2.30. The van der Waals surface area contributed by atoms with E-state index in [0.717, 1.165) is 23.2 Å². The summed E-state index contributed by atoms with van der Waals surface area (Å²) in [4.78, 5) is 14.5. The maximum Gasteiger partial charge on any atom is 0.255 e. The monoisotopic (exact) mass is 409 g/mol. The standard InChI is InChI=1S/C17H17BrClN3O2/c18-12-3-1-11(2-4-12)17(23)21-15-10-16(14(20)9-13(15)19)22-5-7-24-8-6-22/h1-4,9-10H,5-8,20H2,(H,21,23). The zero-order valence-electron chi connectivity index (χ0n) is 12.9. The highest BCUT2D eigenvalue weighted by Gasteiger charge is 2.17. The molecule has 7 heteroatoms. The highest BCUT2D eigenvalue weighted by atomic mass is 79.9. The van der Waals surface area contributed by atoms with Crippen LogP contribution in [0, 0.1) is 0 Å². The number of nitrogens with zero attached hydrogens (tertiary/aromatic N) is 1. The van der Waals surface area contributed by atoms with Crippen molar-refractivity contribution in [3.05, 3.63) is 51.5 Å². The average Bonchev–Trinajstić information content (AvgIpc) is 2.58. The smallest absolute Gasteiger partial charge is 0.255 e. The molecule has 1 amide bonds. The molecule has 5 nitrogen and oxygen atoms in total. The van der Waals surface area contributed by atoms with E-state index in [-0.39, 0.29) is 5.91 Å². The van der Waals surface area contributed by atoms with E-state index in [9.17, 15) is 4.79 Å². The number of morpholine rings is 1. The van der Waals surface area contributed by atoms with E-state index in [1.54, 1.807) is 18.2 Å². The van der Waals surface area contributed by atoms with Gasteiger partial charge < -0.3 is 20.7 Å². The molecule has 0 bridgehead atoms. The number of hydrogen-bond acceptors (Lipinski definition) is 4. The van der Waals surface area contributed by atoms with E-state index in [2.05, 4.69) is 26.1 Å². The molecule has 126 valence electrons. The number of nitrogens with one attached hydrogen (secondary N) is 1. The number of halogens is 2. The summed E-state index contributed by atoms with van der Waals surface area (Å²) in [6, 6.07) is 10.6. The average molecular weight is 411 g/mol. The predicted molar refractivity (Wildman–Crippen MR) is 101 cm³/mol. The molecular weight excluding hydrogens is 394 g/mol. The molecule has 1 heterocycles. The van der Waals surface area contributed by atoms with Gasteiger partial charge in [-0.05, 0) is 36.4 Å². The predicted octanol–water partition coefficient (Wildman–Crippen LogP) is 3.77. The lowest BCUT2D eigenvalue weighted by Crippen LogP contribution is -2.36. The Balaban J connectivity index is 1.84. The van der Waals surface area contributed by atoms with Gasteiger partial charge in [0.1, 0.15) is 0 Å². The van der Waals surface area contributed by atoms with Crippen molar-refractivity contribution in [1.29, 1.82) is 0 Å². The molecule has 1 aliphatic heterocycles. The minimum atomic E-state index is -0.220. The Morgan fingerprint density at radius 2 is 1.88 bits per heavy atom.